The van der Waals surface area contributed by atoms with Gasteiger partial charge in [0.25, 0.3) is 0 Å². The second kappa shape index (κ2) is 6.18. The van der Waals surface area contributed by atoms with Gasteiger partial charge in [0.2, 0.25) is 0 Å². The number of anilines is 2. The predicted octanol–water partition coefficient (Wildman–Crippen LogP) is 2.68. The molecule has 1 unspecified atom stereocenters. The number of aromatic nitrogens is 2. The molecule has 1 fully saturated rings. The van der Waals surface area contributed by atoms with Gasteiger partial charge in [0.05, 0.1) is 0 Å². The molecule has 1 aliphatic heterocycles. The van der Waals surface area contributed by atoms with E-state index in [-0.39, 0.29) is 5.41 Å². The van der Waals surface area contributed by atoms with Gasteiger partial charge in [0.1, 0.15) is 17.5 Å². The summed E-state index contributed by atoms with van der Waals surface area (Å²) in [4.78, 5) is 9.20. The van der Waals surface area contributed by atoms with Crippen molar-refractivity contribution < 1.29 is 0 Å². The summed E-state index contributed by atoms with van der Waals surface area (Å²) in [7, 11) is 0. The Hall–Kier alpha value is -1.01. The van der Waals surface area contributed by atoms with Crippen molar-refractivity contribution in [2.24, 2.45) is 5.84 Å². The summed E-state index contributed by atoms with van der Waals surface area (Å²) in [6.45, 7) is 9.26. The molecule has 0 spiro atoms. The number of hydrogen-bond acceptors (Lipinski definition) is 6. The molecule has 112 valence electrons. The molecule has 20 heavy (non-hydrogen) atoms. The van der Waals surface area contributed by atoms with Crippen LogP contribution in [0.5, 0.6) is 0 Å². The first kappa shape index (κ1) is 15.4. The monoisotopic (exact) mass is 295 g/mol. The van der Waals surface area contributed by atoms with Crippen LogP contribution in [0, 0.1) is 6.92 Å². The Morgan fingerprint density at radius 2 is 2.00 bits per heavy atom. The zero-order valence-electron chi connectivity index (χ0n) is 12.8. The molecule has 0 radical (unpaired) electrons. The molecular weight excluding hydrogens is 270 g/mol. The zero-order valence-corrected chi connectivity index (χ0v) is 13.6. The van der Waals surface area contributed by atoms with E-state index in [0.29, 0.717) is 11.1 Å². The van der Waals surface area contributed by atoms with Crippen molar-refractivity contribution >= 4 is 23.4 Å². The highest BCUT2D eigenvalue weighted by Crippen LogP contribution is 2.28. The second-order valence-corrected chi connectivity index (χ2v) is 7.69. The summed E-state index contributed by atoms with van der Waals surface area (Å²) in [6, 6.07) is 0. The van der Waals surface area contributed by atoms with E-state index in [1.165, 1.54) is 18.6 Å². The molecule has 0 aliphatic carbocycles. The molecule has 0 aromatic carbocycles. The largest absolute Gasteiger partial charge is 0.369 e. The third-order valence-corrected chi connectivity index (χ3v) is 4.87. The van der Waals surface area contributed by atoms with E-state index in [2.05, 4.69) is 41.5 Å². The molecule has 4 N–H and O–H groups in total. The van der Waals surface area contributed by atoms with Crippen molar-refractivity contribution in [3.05, 3.63) is 11.4 Å². The highest BCUT2D eigenvalue weighted by molar-refractivity contribution is 8.00. The molecule has 0 amide bonds. The first-order valence-electron chi connectivity index (χ1n) is 7.13. The second-order valence-electron chi connectivity index (χ2n) is 6.28. The number of hydrazine groups is 1. The van der Waals surface area contributed by atoms with Crippen molar-refractivity contribution in [2.75, 3.05) is 23.0 Å². The quantitative estimate of drug-likeness (QED) is 0.586. The van der Waals surface area contributed by atoms with Crippen LogP contribution >= 0.6 is 11.8 Å². The minimum Gasteiger partial charge on any atom is -0.369 e. The average Bonchev–Trinajstić information content (AvgIpc) is 2.89. The highest BCUT2D eigenvalue weighted by atomic mass is 32.2. The molecule has 2 rings (SSSR count). The Bertz CT molecular complexity index is 463. The Balaban J connectivity index is 2.21. The number of thioether (sulfide) groups is 1. The Morgan fingerprint density at radius 1 is 1.30 bits per heavy atom. The van der Waals surface area contributed by atoms with Crippen LogP contribution in [-0.2, 0) is 5.41 Å². The molecule has 0 saturated carbocycles. The van der Waals surface area contributed by atoms with Crippen LogP contribution in [0.25, 0.3) is 0 Å². The lowest BCUT2D eigenvalue weighted by Gasteiger charge is -2.21. The van der Waals surface area contributed by atoms with E-state index < -0.39 is 0 Å². The Kier molecular flexibility index (Phi) is 4.75. The summed E-state index contributed by atoms with van der Waals surface area (Å²) in [5.41, 5.74) is 3.56. The fourth-order valence-corrected chi connectivity index (χ4v) is 3.38. The van der Waals surface area contributed by atoms with Gasteiger partial charge in [-0.25, -0.2) is 15.8 Å². The average molecular weight is 295 g/mol. The van der Waals surface area contributed by atoms with Gasteiger partial charge in [0.15, 0.2) is 0 Å². The molecule has 1 atom stereocenters. The fraction of sp³-hybridized carbons (Fsp3) is 0.714. The minimum atomic E-state index is -0.0994. The molecule has 0 bridgehead atoms. The van der Waals surface area contributed by atoms with Crippen molar-refractivity contribution in [3.63, 3.8) is 0 Å². The van der Waals surface area contributed by atoms with Crippen LogP contribution in [0.4, 0.5) is 11.6 Å². The van der Waals surface area contributed by atoms with Gasteiger partial charge >= 0.3 is 0 Å². The topological polar surface area (TPSA) is 75.9 Å². The Morgan fingerprint density at radius 3 is 2.55 bits per heavy atom. The van der Waals surface area contributed by atoms with E-state index in [0.717, 1.165) is 23.8 Å². The summed E-state index contributed by atoms with van der Waals surface area (Å²) in [5, 5.41) is 4.17. The molecule has 1 aliphatic rings. The fourth-order valence-electron chi connectivity index (χ4n) is 2.18. The summed E-state index contributed by atoms with van der Waals surface area (Å²) in [5.74, 6) is 9.25. The van der Waals surface area contributed by atoms with Crippen LogP contribution in [0.3, 0.4) is 0 Å². The molecule has 6 heteroatoms. The van der Waals surface area contributed by atoms with Crippen LogP contribution in [0.15, 0.2) is 0 Å². The van der Waals surface area contributed by atoms with Gasteiger partial charge in [0, 0.05) is 22.8 Å². The number of rotatable bonds is 4. The Labute approximate surface area is 125 Å². The van der Waals surface area contributed by atoms with E-state index >= 15 is 0 Å². The molecule has 2 heterocycles. The van der Waals surface area contributed by atoms with Crippen molar-refractivity contribution in [1.82, 2.24) is 9.97 Å². The standard InChI is InChI=1S/C14H25N5S/c1-9-11(16-8-10-6-5-7-20-10)17-13(14(2,3)4)18-12(9)19-15/h10H,5-8,15H2,1-4H3,(H2,16,17,18,19). The molecule has 1 aromatic rings. The number of hydrogen-bond donors (Lipinski definition) is 3. The van der Waals surface area contributed by atoms with Gasteiger partial charge < -0.3 is 10.7 Å². The van der Waals surface area contributed by atoms with Crippen molar-refractivity contribution in [2.45, 2.75) is 51.2 Å². The SMILES string of the molecule is Cc1c(NN)nc(C(C)(C)C)nc1NCC1CCCS1. The first-order valence-corrected chi connectivity index (χ1v) is 8.18. The third kappa shape index (κ3) is 3.55. The lowest BCUT2D eigenvalue weighted by molar-refractivity contribution is 0.546. The normalized spacial score (nSPS) is 19.1. The van der Waals surface area contributed by atoms with Crippen molar-refractivity contribution in [3.8, 4) is 0 Å². The van der Waals surface area contributed by atoms with Gasteiger partial charge in [-0.05, 0) is 25.5 Å². The van der Waals surface area contributed by atoms with E-state index in [4.69, 9.17) is 5.84 Å². The van der Waals surface area contributed by atoms with Gasteiger partial charge in [-0.15, -0.1) is 0 Å². The first-order chi connectivity index (χ1) is 9.41. The molecule has 5 nitrogen and oxygen atoms in total. The summed E-state index contributed by atoms with van der Waals surface area (Å²) < 4.78 is 0. The molecule has 1 aromatic heterocycles. The van der Waals surface area contributed by atoms with E-state index in [9.17, 15) is 0 Å². The molecular formula is C14H25N5S. The predicted molar refractivity (Wildman–Crippen MR) is 87.2 cm³/mol. The van der Waals surface area contributed by atoms with E-state index in [1.54, 1.807) is 0 Å². The van der Waals surface area contributed by atoms with Crippen LogP contribution in [0.1, 0.15) is 45.0 Å². The summed E-state index contributed by atoms with van der Waals surface area (Å²) >= 11 is 2.04. The lowest BCUT2D eigenvalue weighted by atomic mass is 9.95. The molecule has 1 saturated heterocycles. The van der Waals surface area contributed by atoms with Gasteiger partial charge in [-0.3, -0.25) is 0 Å². The maximum absolute atomic E-state index is 5.58. The number of nitrogens with two attached hydrogens (primary N) is 1. The number of nitrogen functional groups attached to an aromatic ring is 1. The van der Waals surface area contributed by atoms with Gasteiger partial charge in [-0.2, -0.15) is 11.8 Å². The van der Waals surface area contributed by atoms with E-state index in [1.807, 2.05) is 18.7 Å². The minimum absolute atomic E-state index is 0.0994. The maximum Gasteiger partial charge on any atom is 0.148 e. The maximum atomic E-state index is 5.58. The zero-order chi connectivity index (χ0) is 14.8. The van der Waals surface area contributed by atoms with Gasteiger partial charge in [-0.1, -0.05) is 20.8 Å². The van der Waals surface area contributed by atoms with Crippen LogP contribution < -0.4 is 16.6 Å². The van der Waals surface area contributed by atoms with Crippen LogP contribution in [0.2, 0.25) is 0 Å². The lowest BCUT2D eigenvalue weighted by Crippen LogP contribution is -2.23. The third-order valence-electron chi connectivity index (χ3n) is 3.47. The number of nitrogens with zero attached hydrogens (tertiary/aromatic N) is 2. The summed E-state index contributed by atoms with van der Waals surface area (Å²) in [6.07, 6.45) is 2.61. The highest BCUT2D eigenvalue weighted by Gasteiger charge is 2.22. The smallest absolute Gasteiger partial charge is 0.148 e. The number of nitrogens with one attached hydrogen (secondary N) is 2. The van der Waals surface area contributed by atoms with Crippen molar-refractivity contribution in [1.29, 1.82) is 0 Å². The van der Waals surface area contributed by atoms with Crippen LogP contribution in [-0.4, -0.2) is 27.5 Å².